The van der Waals surface area contributed by atoms with Gasteiger partial charge in [-0.2, -0.15) is 0 Å². The van der Waals surface area contributed by atoms with Crippen LogP contribution in [0, 0.1) is 5.41 Å². The lowest BCUT2D eigenvalue weighted by Crippen LogP contribution is -2.17. The van der Waals surface area contributed by atoms with Gasteiger partial charge in [0.15, 0.2) is 0 Å². The lowest BCUT2D eigenvalue weighted by Gasteiger charge is -2.11. The highest BCUT2D eigenvalue weighted by molar-refractivity contribution is 7.80. The zero-order valence-electron chi connectivity index (χ0n) is 8.95. The molecule has 1 aliphatic rings. The van der Waals surface area contributed by atoms with Gasteiger partial charge in [-0.05, 0) is 24.0 Å². The van der Waals surface area contributed by atoms with Gasteiger partial charge in [0.2, 0.25) is 0 Å². The molecule has 1 aliphatic carbocycles. The monoisotopic (exact) mass is 221 g/mol. The first-order valence-corrected chi connectivity index (χ1v) is 5.43. The molecule has 0 aliphatic heterocycles. The second-order valence-corrected chi connectivity index (χ2v) is 5.09. The van der Waals surface area contributed by atoms with Gasteiger partial charge in [0, 0.05) is 12.2 Å². The summed E-state index contributed by atoms with van der Waals surface area (Å²) in [5.74, 6) is 0. The van der Waals surface area contributed by atoms with E-state index in [1.807, 2.05) is 12.1 Å². The van der Waals surface area contributed by atoms with Crippen LogP contribution in [-0.2, 0) is 0 Å². The van der Waals surface area contributed by atoms with Crippen LogP contribution in [0.1, 0.15) is 26.0 Å². The van der Waals surface area contributed by atoms with Gasteiger partial charge >= 0.3 is 0 Å². The minimum absolute atomic E-state index is 0.344. The van der Waals surface area contributed by atoms with Crippen molar-refractivity contribution >= 4 is 22.9 Å². The lowest BCUT2D eigenvalue weighted by atomic mass is 10.2. The molecule has 1 aromatic heterocycles. The Labute approximate surface area is 95.1 Å². The third kappa shape index (κ3) is 2.09. The number of nitrogens with two attached hydrogens (primary N) is 1. The minimum atomic E-state index is 0.344. The molecule has 3 nitrogen and oxygen atoms in total. The van der Waals surface area contributed by atoms with Gasteiger partial charge in [-0.3, -0.25) is 4.98 Å². The van der Waals surface area contributed by atoms with E-state index < -0.39 is 0 Å². The van der Waals surface area contributed by atoms with Gasteiger partial charge in [-0.1, -0.05) is 26.1 Å². The molecule has 0 aromatic carbocycles. The first kappa shape index (κ1) is 10.4. The van der Waals surface area contributed by atoms with Crippen molar-refractivity contribution in [2.24, 2.45) is 11.1 Å². The van der Waals surface area contributed by atoms with E-state index in [9.17, 15) is 0 Å². The quantitative estimate of drug-likeness (QED) is 0.766. The molecule has 0 saturated heterocycles. The summed E-state index contributed by atoms with van der Waals surface area (Å²) >= 11 is 4.96. The first-order valence-electron chi connectivity index (χ1n) is 5.02. The van der Waals surface area contributed by atoms with Crippen molar-refractivity contribution in [2.75, 3.05) is 5.32 Å². The maximum absolute atomic E-state index is 5.61. The SMILES string of the molecule is CC1(C)CC1Nc1cccnc1C(N)=S. The number of anilines is 1. The second-order valence-electron chi connectivity index (χ2n) is 4.65. The molecule has 0 bridgehead atoms. The summed E-state index contributed by atoms with van der Waals surface area (Å²) in [5.41, 5.74) is 7.62. The van der Waals surface area contributed by atoms with Gasteiger partial charge in [0.25, 0.3) is 0 Å². The van der Waals surface area contributed by atoms with Crippen LogP contribution in [0.3, 0.4) is 0 Å². The first-order chi connectivity index (χ1) is 7.00. The Kier molecular flexibility index (Phi) is 2.38. The number of nitrogens with one attached hydrogen (secondary N) is 1. The zero-order valence-corrected chi connectivity index (χ0v) is 9.77. The number of hydrogen-bond donors (Lipinski definition) is 2. The molecule has 4 heteroatoms. The maximum Gasteiger partial charge on any atom is 0.124 e. The predicted molar refractivity (Wildman–Crippen MR) is 65.9 cm³/mol. The molecule has 15 heavy (non-hydrogen) atoms. The molecule has 1 fully saturated rings. The maximum atomic E-state index is 5.61. The van der Waals surface area contributed by atoms with Crippen LogP contribution >= 0.6 is 12.2 Å². The number of hydrogen-bond acceptors (Lipinski definition) is 3. The van der Waals surface area contributed by atoms with Gasteiger partial charge in [0.05, 0.1) is 5.69 Å². The zero-order chi connectivity index (χ0) is 11.1. The van der Waals surface area contributed by atoms with E-state index in [1.165, 1.54) is 6.42 Å². The summed E-state index contributed by atoms with van der Waals surface area (Å²) in [6, 6.07) is 4.37. The van der Waals surface area contributed by atoms with Crippen molar-refractivity contribution in [2.45, 2.75) is 26.3 Å². The molecular formula is C11H15N3S. The van der Waals surface area contributed by atoms with Crippen LogP contribution in [0.2, 0.25) is 0 Å². The van der Waals surface area contributed by atoms with E-state index in [2.05, 4.69) is 24.1 Å². The Morgan fingerprint density at radius 2 is 2.33 bits per heavy atom. The van der Waals surface area contributed by atoms with Gasteiger partial charge in [0.1, 0.15) is 10.7 Å². The molecule has 0 spiro atoms. The highest BCUT2D eigenvalue weighted by Gasteiger charge is 2.45. The number of nitrogens with zero attached hydrogens (tertiary/aromatic N) is 1. The van der Waals surface area contributed by atoms with Crippen LogP contribution in [-0.4, -0.2) is 16.0 Å². The van der Waals surface area contributed by atoms with E-state index in [0.717, 1.165) is 5.69 Å². The number of pyridine rings is 1. The van der Waals surface area contributed by atoms with Crippen molar-refractivity contribution in [3.63, 3.8) is 0 Å². The third-order valence-corrected chi connectivity index (χ3v) is 3.08. The van der Waals surface area contributed by atoms with Crippen LogP contribution in [0.5, 0.6) is 0 Å². The Morgan fingerprint density at radius 1 is 1.67 bits per heavy atom. The second kappa shape index (κ2) is 3.45. The number of aromatic nitrogens is 1. The summed E-state index contributed by atoms with van der Waals surface area (Å²) in [4.78, 5) is 4.52. The number of rotatable bonds is 3. The molecule has 1 saturated carbocycles. The molecule has 1 unspecified atom stereocenters. The molecule has 0 radical (unpaired) electrons. The Morgan fingerprint density at radius 3 is 2.87 bits per heavy atom. The van der Waals surface area contributed by atoms with E-state index >= 15 is 0 Å². The van der Waals surface area contributed by atoms with Crippen molar-refractivity contribution in [1.82, 2.24) is 4.98 Å². The molecule has 2 rings (SSSR count). The number of thiocarbonyl (C=S) groups is 1. The van der Waals surface area contributed by atoms with E-state index in [4.69, 9.17) is 18.0 Å². The Balaban J connectivity index is 2.18. The highest BCUT2D eigenvalue weighted by atomic mass is 32.1. The summed E-state index contributed by atoms with van der Waals surface area (Å²) in [6.07, 6.45) is 2.89. The van der Waals surface area contributed by atoms with Crippen molar-refractivity contribution in [3.05, 3.63) is 24.0 Å². The average Bonchev–Trinajstić information content (AvgIpc) is 2.74. The predicted octanol–water partition coefficient (Wildman–Crippen LogP) is 1.93. The van der Waals surface area contributed by atoms with Crippen LogP contribution in [0.15, 0.2) is 18.3 Å². The van der Waals surface area contributed by atoms with Crippen LogP contribution in [0.25, 0.3) is 0 Å². The van der Waals surface area contributed by atoms with Crippen LogP contribution in [0.4, 0.5) is 5.69 Å². The molecular weight excluding hydrogens is 206 g/mol. The summed E-state index contributed by atoms with van der Waals surface area (Å²) in [7, 11) is 0. The largest absolute Gasteiger partial charge is 0.388 e. The third-order valence-electron chi connectivity index (χ3n) is 2.88. The standard InChI is InChI=1S/C11H15N3S/c1-11(2)6-8(11)14-7-4-3-5-13-9(7)10(12)15/h3-5,8,14H,6H2,1-2H3,(H2,12,15). The average molecular weight is 221 g/mol. The van der Waals surface area contributed by atoms with Crippen molar-refractivity contribution < 1.29 is 0 Å². The van der Waals surface area contributed by atoms with E-state index in [1.54, 1.807) is 6.20 Å². The fourth-order valence-electron chi connectivity index (χ4n) is 1.62. The Bertz CT molecular complexity index is 401. The molecule has 1 heterocycles. The van der Waals surface area contributed by atoms with E-state index in [0.29, 0.717) is 22.1 Å². The van der Waals surface area contributed by atoms with Gasteiger partial charge in [-0.25, -0.2) is 0 Å². The fraction of sp³-hybridized carbons (Fsp3) is 0.455. The topological polar surface area (TPSA) is 50.9 Å². The summed E-state index contributed by atoms with van der Waals surface area (Å²) in [5, 5.41) is 3.43. The van der Waals surface area contributed by atoms with E-state index in [-0.39, 0.29) is 0 Å². The minimum Gasteiger partial charge on any atom is -0.388 e. The highest BCUT2D eigenvalue weighted by Crippen LogP contribution is 2.46. The summed E-state index contributed by atoms with van der Waals surface area (Å²) < 4.78 is 0. The van der Waals surface area contributed by atoms with Crippen molar-refractivity contribution in [3.8, 4) is 0 Å². The molecule has 80 valence electrons. The Hall–Kier alpha value is -1.16. The smallest absolute Gasteiger partial charge is 0.124 e. The van der Waals surface area contributed by atoms with Gasteiger partial charge in [-0.15, -0.1) is 0 Å². The van der Waals surface area contributed by atoms with Gasteiger partial charge < -0.3 is 11.1 Å². The molecule has 1 aromatic rings. The van der Waals surface area contributed by atoms with Crippen molar-refractivity contribution in [1.29, 1.82) is 0 Å². The molecule has 0 amide bonds. The fourth-order valence-corrected chi connectivity index (χ4v) is 1.78. The summed E-state index contributed by atoms with van der Waals surface area (Å²) in [6.45, 7) is 4.48. The normalized spacial score (nSPS) is 22.1. The molecule has 3 N–H and O–H groups in total. The lowest BCUT2D eigenvalue weighted by molar-refractivity contribution is 0.630. The van der Waals surface area contributed by atoms with Crippen LogP contribution < -0.4 is 11.1 Å². The molecule has 1 atom stereocenters.